The second kappa shape index (κ2) is 5.23. The number of hydrogen-bond acceptors (Lipinski definition) is 5. The SMILES string of the molecule is COc1ccc(-c2nnc(SC(C)C)o2)cc1. The van der Waals surface area contributed by atoms with E-state index in [1.165, 1.54) is 0 Å². The zero-order chi connectivity index (χ0) is 12.3. The third-order valence-electron chi connectivity index (χ3n) is 2.08. The number of methoxy groups -OCH3 is 1. The average molecular weight is 250 g/mol. The lowest BCUT2D eigenvalue weighted by Gasteiger charge is -1.99. The molecule has 1 aromatic heterocycles. The normalized spacial score (nSPS) is 10.8. The molecule has 0 amide bonds. The van der Waals surface area contributed by atoms with E-state index in [1.807, 2.05) is 24.3 Å². The van der Waals surface area contributed by atoms with Crippen molar-refractivity contribution in [1.29, 1.82) is 0 Å². The van der Waals surface area contributed by atoms with E-state index in [4.69, 9.17) is 9.15 Å². The van der Waals surface area contributed by atoms with Gasteiger partial charge in [-0.1, -0.05) is 25.6 Å². The Bertz CT molecular complexity index is 480. The van der Waals surface area contributed by atoms with Gasteiger partial charge < -0.3 is 9.15 Å². The summed E-state index contributed by atoms with van der Waals surface area (Å²) in [5.41, 5.74) is 0.897. The summed E-state index contributed by atoms with van der Waals surface area (Å²) in [5, 5.41) is 9.04. The summed E-state index contributed by atoms with van der Waals surface area (Å²) in [7, 11) is 1.64. The smallest absolute Gasteiger partial charge is 0.277 e. The molecule has 5 heteroatoms. The Balaban J connectivity index is 2.18. The molecule has 0 unspecified atom stereocenters. The van der Waals surface area contributed by atoms with Crippen LogP contribution in [0.15, 0.2) is 33.9 Å². The van der Waals surface area contributed by atoms with Gasteiger partial charge in [0.05, 0.1) is 7.11 Å². The first-order valence-electron chi connectivity index (χ1n) is 5.33. The fraction of sp³-hybridized carbons (Fsp3) is 0.333. The standard InChI is InChI=1S/C12H14N2O2S/c1-8(2)17-12-14-13-11(16-12)9-4-6-10(15-3)7-5-9/h4-8H,1-3H3. The average Bonchev–Trinajstić information content (AvgIpc) is 2.77. The highest BCUT2D eigenvalue weighted by molar-refractivity contribution is 7.99. The van der Waals surface area contributed by atoms with Crippen LogP contribution in [0.1, 0.15) is 13.8 Å². The van der Waals surface area contributed by atoms with Crippen molar-refractivity contribution < 1.29 is 9.15 Å². The molecule has 1 heterocycles. The predicted molar refractivity (Wildman–Crippen MR) is 67.3 cm³/mol. The molecule has 0 N–H and O–H groups in total. The van der Waals surface area contributed by atoms with Crippen LogP contribution in [-0.2, 0) is 0 Å². The Morgan fingerprint density at radius 3 is 2.47 bits per heavy atom. The van der Waals surface area contributed by atoms with Gasteiger partial charge in [0, 0.05) is 10.8 Å². The number of rotatable bonds is 4. The van der Waals surface area contributed by atoms with Gasteiger partial charge in [0.1, 0.15) is 5.75 Å². The fourth-order valence-corrected chi connectivity index (χ4v) is 1.93. The molecule has 0 fully saturated rings. The summed E-state index contributed by atoms with van der Waals surface area (Å²) in [6.45, 7) is 4.17. The minimum Gasteiger partial charge on any atom is -0.497 e. The monoisotopic (exact) mass is 250 g/mol. The quantitative estimate of drug-likeness (QED) is 0.779. The van der Waals surface area contributed by atoms with Gasteiger partial charge in [-0.05, 0) is 24.3 Å². The van der Waals surface area contributed by atoms with Crippen molar-refractivity contribution in [2.75, 3.05) is 7.11 Å². The Kier molecular flexibility index (Phi) is 3.68. The molecule has 17 heavy (non-hydrogen) atoms. The van der Waals surface area contributed by atoms with Gasteiger partial charge in [-0.25, -0.2) is 0 Å². The highest BCUT2D eigenvalue weighted by Gasteiger charge is 2.10. The van der Waals surface area contributed by atoms with Crippen molar-refractivity contribution in [1.82, 2.24) is 10.2 Å². The molecule has 0 atom stereocenters. The highest BCUT2D eigenvalue weighted by atomic mass is 32.2. The van der Waals surface area contributed by atoms with Crippen LogP contribution in [-0.4, -0.2) is 22.6 Å². The van der Waals surface area contributed by atoms with E-state index >= 15 is 0 Å². The lowest BCUT2D eigenvalue weighted by molar-refractivity contribution is 0.414. The lowest BCUT2D eigenvalue weighted by atomic mass is 10.2. The van der Waals surface area contributed by atoms with Crippen LogP contribution < -0.4 is 4.74 Å². The van der Waals surface area contributed by atoms with Gasteiger partial charge in [0.25, 0.3) is 5.22 Å². The molecule has 0 aliphatic carbocycles. The minimum absolute atomic E-state index is 0.430. The fourth-order valence-electron chi connectivity index (χ4n) is 1.31. The summed E-state index contributed by atoms with van der Waals surface area (Å²) >= 11 is 1.56. The van der Waals surface area contributed by atoms with E-state index in [0.717, 1.165) is 11.3 Å². The van der Waals surface area contributed by atoms with Crippen LogP contribution in [0.3, 0.4) is 0 Å². The van der Waals surface area contributed by atoms with Crippen LogP contribution in [0.2, 0.25) is 0 Å². The molecule has 1 aromatic carbocycles. The molecule has 2 rings (SSSR count). The molecule has 0 radical (unpaired) electrons. The van der Waals surface area contributed by atoms with Crippen molar-refractivity contribution in [2.45, 2.75) is 24.3 Å². The molecular weight excluding hydrogens is 236 g/mol. The van der Waals surface area contributed by atoms with Gasteiger partial charge in [0.2, 0.25) is 5.89 Å². The number of aromatic nitrogens is 2. The Labute approximate surface area is 104 Å². The molecule has 4 nitrogen and oxygen atoms in total. The minimum atomic E-state index is 0.430. The number of thioether (sulfide) groups is 1. The van der Waals surface area contributed by atoms with Crippen molar-refractivity contribution in [3.05, 3.63) is 24.3 Å². The van der Waals surface area contributed by atoms with E-state index < -0.39 is 0 Å². The van der Waals surface area contributed by atoms with Crippen LogP contribution in [0.4, 0.5) is 0 Å². The maximum atomic E-state index is 5.55. The zero-order valence-electron chi connectivity index (χ0n) is 10.0. The van der Waals surface area contributed by atoms with Gasteiger partial charge in [-0.2, -0.15) is 0 Å². The molecule has 90 valence electrons. The third kappa shape index (κ3) is 3.00. The molecule has 0 aliphatic rings. The topological polar surface area (TPSA) is 48.2 Å². The number of hydrogen-bond donors (Lipinski definition) is 0. The summed E-state index contributed by atoms with van der Waals surface area (Å²) < 4.78 is 10.6. The number of nitrogens with zero attached hydrogens (tertiary/aromatic N) is 2. The van der Waals surface area contributed by atoms with Crippen LogP contribution >= 0.6 is 11.8 Å². The lowest BCUT2D eigenvalue weighted by Crippen LogP contribution is -1.84. The first-order chi connectivity index (χ1) is 8.19. The molecule has 0 saturated heterocycles. The van der Waals surface area contributed by atoms with Crippen molar-refractivity contribution in [3.8, 4) is 17.2 Å². The Hall–Kier alpha value is -1.49. The van der Waals surface area contributed by atoms with E-state index in [2.05, 4.69) is 24.0 Å². The van der Waals surface area contributed by atoms with E-state index in [-0.39, 0.29) is 0 Å². The van der Waals surface area contributed by atoms with Crippen LogP contribution in [0, 0.1) is 0 Å². The summed E-state index contributed by atoms with van der Waals surface area (Å²) in [4.78, 5) is 0. The van der Waals surface area contributed by atoms with E-state index in [0.29, 0.717) is 16.4 Å². The van der Waals surface area contributed by atoms with Crippen molar-refractivity contribution >= 4 is 11.8 Å². The predicted octanol–water partition coefficient (Wildman–Crippen LogP) is 3.25. The Morgan fingerprint density at radius 1 is 1.18 bits per heavy atom. The summed E-state index contributed by atoms with van der Waals surface area (Å²) in [6.07, 6.45) is 0. The second-order valence-electron chi connectivity index (χ2n) is 3.77. The third-order valence-corrected chi connectivity index (χ3v) is 2.92. The van der Waals surface area contributed by atoms with E-state index in [1.54, 1.807) is 18.9 Å². The molecule has 0 aliphatic heterocycles. The zero-order valence-corrected chi connectivity index (χ0v) is 10.8. The Morgan fingerprint density at radius 2 is 1.88 bits per heavy atom. The van der Waals surface area contributed by atoms with Gasteiger partial charge in [-0.15, -0.1) is 10.2 Å². The molecule has 2 aromatic rings. The van der Waals surface area contributed by atoms with Gasteiger partial charge in [0.15, 0.2) is 0 Å². The van der Waals surface area contributed by atoms with E-state index in [9.17, 15) is 0 Å². The maximum Gasteiger partial charge on any atom is 0.277 e. The molecular formula is C12H14N2O2S. The van der Waals surface area contributed by atoms with Crippen molar-refractivity contribution in [3.63, 3.8) is 0 Å². The van der Waals surface area contributed by atoms with Gasteiger partial charge in [-0.3, -0.25) is 0 Å². The highest BCUT2D eigenvalue weighted by Crippen LogP contribution is 2.26. The maximum absolute atomic E-state index is 5.55. The van der Waals surface area contributed by atoms with Crippen LogP contribution in [0.25, 0.3) is 11.5 Å². The van der Waals surface area contributed by atoms with Gasteiger partial charge >= 0.3 is 0 Å². The van der Waals surface area contributed by atoms with Crippen LogP contribution in [0.5, 0.6) is 5.75 Å². The first-order valence-corrected chi connectivity index (χ1v) is 6.21. The summed E-state index contributed by atoms with van der Waals surface area (Å²) in [5.74, 6) is 1.35. The first kappa shape index (κ1) is 12.0. The largest absolute Gasteiger partial charge is 0.497 e. The second-order valence-corrected chi connectivity index (χ2v) is 5.30. The molecule has 0 saturated carbocycles. The molecule has 0 spiro atoms. The summed E-state index contributed by atoms with van der Waals surface area (Å²) in [6, 6.07) is 7.54. The van der Waals surface area contributed by atoms with Crippen molar-refractivity contribution in [2.24, 2.45) is 0 Å². The number of ether oxygens (including phenoxy) is 1. The molecule has 0 bridgehead atoms. The number of benzene rings is 1.